The number of carbonyl (C=O) groups excluding carboxylic acids is 1. The number of carbonyl (C=O) groups is 2. The molecule has 0 aromatic carbocycles. The molecule has 2 heterocycles. The van der Waals surface area contributed by atoms with Crippen molar-refractivity contribution in [2.24, 2.45) is 5.41 Å². The summed E-state index contributed by atoms with van der Waals surface area (Å²) in [6.45, 7) is 4.63. The number of hydrogen-bond acceptors (Lipinski definition) is 2. The van der Waals surface area contributed by atoms with E-state index in [2.05, 4.69) is 0 Å². The SMILES string of the molecule is CC1(C(=O)O)CCN(C(=O)N2CCCCCCC2)CC1. The van der Waals surface area contributed by atoms with Gasteiger partial charge in [-0.2, -0.15) is 0 Å². The Morgan fingerprint density at radius 3 is 1.80 bits per heavy atom. The fourth-order valence-electron chi connectivity index (χ4n) is 3.04. The summed E-state index contributed by atoms with van der Waals surface area (Å²) in [6, 6.07) is 0.110. The van der Waals surface area contributed by atoms with E-state index in [4.69, 9.17) is 0 Å². The molecule has 1 N–H and O–H groups in total. The van der Waals surface area contributed by atoms with E-state index in [1.54, 1.807) is 6.92 Å². The van der Waals surface area contributed by atoms with Gasteiger partial charge in [0, 0.05) is 26.2 Å². The summed E-state index contributed by atoms with van der Waals surface area (Å²) >= 11 is 0. The number of likely N-dealkylation sites (tertiary alicyclic amines) is 2. The van der Waals surface area contributed by atoms with Crippen LogP contribution in [-0.2, 0) is 4.79 Å². The molecule has 0 unspecified atom stereocenters. The summed E-state index contributed by atoms with van der Waals surface area (Å²) in [6.07, 6.45) is 6.99. The molecule has 2 aliphatic heterocycles. The normalized spacial score (nSPS) is 23.9. The first kappa shape index (κ1) is 15.1. The predicted molar refractivity (Wildman–Crippen MR) is 76.6 cm³/mol. The van der Waals surface area contributed by atoms with Crippen molar-refractivity contribution in [3.63, 3.8) is 0 Å². The van der Waals surface area contributed by atoms with Gasteiger partial charge in [0.15, 0.2) is 0 Å². The zero-order valence-corrected chi connectivity index (χ0v) is 12.4. The average Bonchev–Trinajstić information content (AvgIpc) is 2.38. The van der Waals surface area contributed by atoms with Crippen molar-refractivity contribution in [1.29, 1.82) is 0 Å². The maximum Gasteiger partial charge on any atom is 0.319 e. The molecular formula is C15H26N2O3. The van der Waals surface area contributed by atoms with E-state index >= 15 is 0 Å². The van der Waals surface area contributed by atoms with E-state index in [9.17, 15) is 14.7 Å². The van der Waals surface area contributed by atoms with Gasteiger partial charge in [0.05, 0.1) is 5.41 Å². The molecule has 0 saturated carbocycles. The second-order valence-corrected chi connectivity index (χ2v) is 6.39. The minimum Gasteiger partial charge on any atom is -0.481 e. The Labute approximate surface area is 120 Å². The number of hydrogen-bond donors (Lipinski definition) is 1. The molecule has 2 amide bonds. The lowest BCUT2D eigenvalue weighted by molar-refractivity contribution is -0.150. The molecule has 2 aliphatic rings. The molecule has 0 spiro atoms. The van der Waals surface area contributed by atoms with Crippen LogP contribution in [0, 0.1) is 5.41 Å². The summed E-state index contributed by atoms with van der Waals surface area (Å²) in [5.41, 5.74) is -0.660. The number of urea groups is 1. The Hall–Kier alpha value is -1.26. The van der Waals surface area contributed by atoms with Gasteiger partial charge >= 0.3 is 12.0 Å². The van der Waals surface area contributed by atoms with E-state index in [1.165, 1.54) is 19.3 Å². The maximum atomic E-state index is 12.5. The Balaban J connectivity index is 1.88. The van der Waals surface area contributed by atoms with Crippen molar-refractivity contribution in [3.8, 4) is 0 Å². The first-order valence-electron chi connectivity index (χ1n) is 7.80. The van der Waals surface area contributed by atoms with E-state index in [1.807, 2.05) is 9.80 Å². The molecule has 0 aliphatic carbocycles. The molecule has 0 aromatic heterocycles. The smallest absolute Gasteiger partial charge is 0.319 e. The van der Waals surface area contributed by atoms with Gasteiger partial charge in [0.25, 0.3) is 0 Å². The van der Waals surface area contributed by atoms with Crippen LogP contribution >= 0.6 is 0 Å². The highest BCUT2D eigenvalue weighted by Gasteiger charge is 2.38. The van der Waals surface area contributed by atoms with Gasteiger partial charge in [-0.15, -0.1) is 0 Å². The zero-order chi connectivity index (χ0) is 14.6. The number of carboxylic acid groups (broad SMARTS) is 1. The Morgan fingerprint density at radius 2 is 1.30 bits per heavy atom. The van der Waals surface area contributed by atoms with Crippen LogP contribution < -0.4 is 0 Å². The van der Waals surface area contributed by atoms with Crippen LogP contribution in [0.4, 0.5) is 4.79 Å². The summed E-state index contributed by atoms with van der Waals surface area (Å²) in [4.78, 5) is 27.5. The zero-order valence-electron chi connectivity index (χ0n) is 12.4. The second kappa shape index (κ2) is 6.46. The third kappa shape index (κ3) is 3.44. The quantitative estimate of drug-likeness (QED) is 0.804. The third-order valence-corrected chi connectivity index (χ3v) is 4.78. The van der Waals surface area contributed by atoms with Gasteiger partial charge in [-0.25, -0.2) is 4.79 Å². The van der Waals surface area contributed by atoms with E-state index in [-0.39, 0.29) is 6.03 Å². The molecular weight excluding hydrogens is 256 g/mol. The van der Waals surface area contributed by atoms with Crippen molar-refractivity contribution in [1.82, 2.24) is 9.80 Å². The summed E-state index contributed by atoms with van der Waals surface area (Å²) in [7, 11) is 0. The average molecular weight is 282 g/mol. The van der Waals surface area contributed by atoms with Gasteiger partial charge < -0.3 is 14.9 Å². The van der Waals surface area contributed by atoms with Crippen LogP contribution in [0.25, 0.3) is 0 Å². The van der Waals surface area contributed by atoms with Crippen LogP contribution in [0.5, 0.6) is 0 Å². The van der Waals surface area contributed by atoms with Crippen molar-refractivity contribution in [2.45, 2.75) is 51.9 Å². The highest BCUT2D eigenvalue weighted by Crippen LogP contribution is 2.31. The molecule has 5 heteroatoms. The highest BCUT2D eigenvalue weighted by atomic mass is 16.4. The van der Waals surface area contributed by atoms with Crippen LogP contribution in [0.3, 0.4) is 0 Å². The molecule has 0 radical (unpaired) electrons. The standard InChI is InChI=1S/C15H26N2O3/c1-15(13(18)19)7-11-17(12-8-15)14(20)16-9-5-3-2-4-6-10-16/h2-12H2,1H3,(H,18,19). The Bertz CT molecular complexity index is 354. The molecule has 2 rings (SSSR count). The summed E-state index contributed by atoms with van der Waals surface area (Å²) in [5.74, 6) is -0.740. The van der Waals surface area contributed by atoms with Crippen molar-refractivity contribution < 1.29 is 14.7 Å². The molecule has 0 atom stereocenters. The number of piperidine rings is 1. The van der Waals surface area contributed by atoms with E-state index in [0.29, 0.717) is 25.9 Å². The Morgan fingerprint density at radius 1 is 0.850 bits per heavy atom. The number of carboxylic acids is 1. The number of aliphatic carboxylic acids is 1. The van der Waals surface area contributed by atoms with Crippen molar-refractivity contribution in [3.05, 3.63) is 0 Å². The van der Waals surface area contributed by atoms with Crippen molar-refractivity contribution >= 4 is 12.0 Å². The molecule has 2 fully saturated rings. The van der Waals surface area contributed by atoms with Gasteiger partial charge in [0.1, 0.15) is 0 Å². The predicted octanol–water partition coefficient (Wildman–Crippen LogP) is 2.56. The molecule has 114 valence electrons. The summed E-state index contributed by atoms with van der Waals surface area (Å²) in [5, 5.41) is 9.23. The lowest BCUT2D eigenvalue weighted by atomic mass is 9.80. The largest absolute Gasteiger partial charge is 0.481 e. The molecule has 5 nitrogen and oxygen atoms in total. The van der Waals surface area contributed by atoms with Gasteiger partial charge in [0.2, 0.25) is 0 Å². The fourth-order valence-corrected chi connectivity index (χ4v) is 3.04. The number of nitrogens with zero attached hydrogens (tertiary/aromatic N) is 2. The molecule has 0 aromatic rings. The van der Waals surface area contributed by atoms with Crippen molar-refractivity contribution in [2.75, 3.05) is 26.2 Å². The number of rotatable bonds is 1. The van der Waals surface area contributed by atoms with E-state index < -0.39 is 11.4 Å². The topological polar surface area (TPSA) is 60.9 Å². The first-order chi connectivity index (χ1) is 9.53. The van der Waals surface area contributed by atoms with Crippen LogP contribution in [0.2, 0.25) is 0 Å². The molecule has 20 heavy (non-hydrogen) atoms. The third-order valence-electron chi connectivity index (χ3n) is 4.78. The minimum atomic E-state index is -0.740. The highest BCUT2D eigenvalue weighted by molar-refractivity contribution is 5.77. The van der Waals surface area contributed by atoms with Gasteiger partial charge in [-0.1, -0.05) is 19.3 Å². The molecule has 2 saturated heterocycles. The molecule has 0 bridgehead atoms. The second-order valence-electron chi connectivity index (χ2n) is 6.39. The number of amides is 2. The lowest BCUT2D eigenvalue weighted by Crippen LogP contribution is -2.50. The van der Waals surface area contributed by atoms with Crippen LogP contribution in [0.1, 0.15) is 51.9 Å². The lowest BCUT2D eigenvalue weighted by Gasteiger charge is -2.39. The first-order valence-corrected chi connectivity index (χ1v) is 7.80. The monoisotopic (exact) mass is 282 g/mol. The summed E-state index contributed by atoms with van der Waals surface area (Å²) < 4.78 is 0. The van der Waals surface area contributed by atoms with Crippen LogP contribution in [-0.4, -0.2) is 53.1 Å². The minimum absolute atomic E-state index is 0.110. The van der Waals surface area contributed by atoms with E-state index in [0.717, 1.165) is 25.9 Å². The van der Waals surface area contributed by atoms with Gasteiger partial charge in [-0.3, -0.25) is 4.79 Å². The van der Waals surface area contributed by atoms with Crippen LogP contribution in [0.15, 0.2) is 0 Å². The maximum absolute atomic E-state index is 12.5. The fraction of sp³-hybridized carbons (Fsp3) is 0.867. The Kier molecular flexibility index (Phi) is 4.89. The van der Waals surface area contributed by atoms with Gasteiger partial charge in [-0.05, 0) is 32.6 Å².